The number of benzene rings is 4. The molecule has 290 valence electrons. The van der Waals surface area contributed by atoms with E-state index in [1.807, 2.05) is 48.5 Å². The van der Waals surface area contributed by atoms with Gasteiger partial charge in [0.05, 0.1) is 62.8 Å². The van der Waals surface area contributed by atoms with Crippen LogP contribution in [0.15, 0.2) is 84.9 Å². The Hall–Kier alpha value is -4.70. The van der Waals surface area contributed by atoms with Crippen LogP contribution in [-0.4, -0.2) is 64.8 Å². The molecule has 1 aliphatic carbocycles. The smallest absolute Gasteiger partial charge is 0.343 e. The number of hydrogen-bond donors (Lipinski definition) is 0. The van der Waals surface area contributed by atoms with E-state index in [2.05, 4.69) is 20.8 Å². The number of fused-ring (bicyclic) bond motifs is 3. The molecule has 4 aromatic carbocycles. The number of carbonyl (C=O) groups is 2. The third-order valence-electron chi connectivity index (χ3n) is 11.4. The van der Waals surface area contributed by atoms with Crippen LogP contribution in [0.25, 0.3) is 11.1 Å². The van der Waals surface area contributed by atoms with Crippen LogP contribution in [0.4, 0.5) is 0 Å². The van der Waals surface area contributed by atoms with Crippen LogP contribution in [0.5, 0.6) is 23.0 Å². The standard InChI is InChI=1S/C46H52O9/c1-4-45(27-50-28-45)26-49-22-8-6-7-9-23-52-35-14-10-33(11-15-35)43(47)54-37-18-20-39-40-21-19-38(25-42(40)32(3)41(39)24-37)55-44(48)34-12-16-36(17-13-34)53-31-46(5-2)29-51-30-46/h10-21,24-25,32H,4-9,22-23,26-31H2,1-3H3. The first-order valence-corrected chi connectivity index (χ1v) is 19.7. The lowest BCUT2D eigenvalue weighted by atomic mass is 9.84. The summed E-state index contributed by atoms with van der Waals surface area (Å²) in [7, 11) is 0. The minimum absolute atomic E-state index is 0.0109. The Morgan fingerprint density at radius 3 is 1.51 bits per heavy atom. The van der Waals surface area contributed by atoms with Crippen LogP contribution in [0.3, 0.4) is 0 Å². The Labute approximate surface area is 324 Å². The normalized spacial score (nSPS) is 17.3. The quantitative estimate of drug-likeness (QED) is 0.0528. The molecule has 0 radical (unpaired) electrons. The summed E-state index contributed by atoms with van der Waals surface area (Å²) in [6.45, 7) is 12.3. The molecule has 4 aromatic rings. The maximum absolute atomic E-state index is 13.1. The summed E-state index contributed by atoms with van der Waals surface area (Å²) in [4.78, 5) is 26.1. The van der Waals surface area contributed by atoms with Gasteiger partial charge in [0, 0.05) is 17.9 Å². The summed E-state index contributed by atoms with van der Waals surface area (Å²) in [5, 5.41) is 0. The second-order valence-corrected chi connectivity index (χ2v) is 15.3. The van der Waals surface area contributed by atoms with E-state index in [0.717, 1.165) is 93.0 Å². The molecule has 7 rings (SSSR count). The van der Waals surface area contributed by atoms with Crippen molar-refractivity contribution in [2.45, 2.75) is 65.2 Å². The van der Waals surface area contributed by atoms with Gasteiger partial charge in [-0.3, -0.25) is 0 Å². The third-order valence-corrected chi connectivity index (χ3v) is 11.4. The highest BCUT2D eigenvalue weighted by atomic mass is 16.5. The van der Waals surface area contributed by atoms with Crippen LogP contribution < -0.4 is 18.9 Å². The van der Waals surface area contributed by atoms with Crippen LogP contribution in [0.2, 0.25) is 0 Å². The fourth-order valence-electron chi connectivity index (χ4n) is 7.22. The molecule has 0 bridgehead atoms. The van der Waals surface area contributed by atoms with Crippen molar-refractivity contribution >= 4 is 11.9 Å². The molecule has 0 amide bonds. The lowest BCUT2D eigenvalue weighted by molar-refractivity contribution is -0.150. The highest BCUT2D eigenvalue weighted by Crippen LogP contribution is 2.47. The molecule has 9 heteroatoms. The average Bonchev–Trinajstić information content (AvgIpc) is 3.45. The van der Waals surface area contributed by atoms with Gasteiger partial charge in [0.15, 0.2) is 0 Å². The first-order valence-electron chi connectivity index (χ1n) is 19.7. The van der Waals surface area contributed by atoms with Gasteiger partial charge < -0.3 is 33.2 Å². The lowest BCUT2D eigenvalue weighted by Gasteiger charge is -2.40. The third kappa shape index (κ3) is 9.07. The molecule has 9 nitrogen and oxygen atoms in total. The number of esters is 2. The predicted octanol–water partition coefficient (Wildman–Crippen LogP) is 9.45. The SMILES string of the molecule is CCC1(COCCCCCCOc2ccc(C(=O)Oc3ccc4c(c3)C(C)c3cc(OC(=O)c5ccc(OCC6(CC)COC6)cc5)ccc3-4)cc2)COC1. The average molecular weight is 749 g/mol. The van der Waals surface area contributed by atoms with Gasteiger partial charge in [-0.05, 0) is 127 Å². The van der Waals surface area contributed by atoms with Crippen molar-refractivity contribution in [3.8, 4) is 34.1 Å². The molecular formula is C46H52O9. The summed E-state index contributed by atoms with van der Waals surface area (Å²) in [6, 6.07) is 25.5. The van der Waals surface area contributed by atoms with Gasteiger partial charge in [-0.1, -0.05) is 39.3 Å². The highest BCUT2D eigenvalue weighted by molar-refractivity contribution is 5.92. The molecule has 1 atom stereocenters. The number of unbranched alkanes of at least 4 members (excludes halogenated alkanes) is 3. The van der Waals surface area contributed by atoms with E-state index >= 15 is 0 Å². The Morgan fingerprint density at radius 2 is 1.04 bits per heavy atom. The molecule has 2 aliphatic heterocycles. The summed E-state index contributed by atoms with van der Waals surface area (Å²) in [6.07, 6.45) is 6.31. The second-order valence-electron chi connectivity index (χ2n) is 15.3. The minimum atomic E-state index is -0.436. The van der Waals surface area contributed by atoms with Gasteiger partial charge in [0.25, 0.3) is 0 Å². The zero-order valence-corrected chi connectivity index (χ0v) is 32.2. The topological polar surface area (TPSA) is 98.8 Å². The van der Waals surface area contributed by atoms with Crippen molar-refractivity contribution in [2.24, 2.45) is 10.8 Å². The largest absolute Gasteiger partial charge is 0.494 e. The Balaban J connectivity index is 0.850. The molecule has 0 saturated carbocycles. The molecule has 2 saturated heterocycles. The number of hydrogen-bond acceptors (Lipinski definition) is 9. The van der Waals surface area contributed by atoms with Crippen molar-refractivity contribution in [2.75, 3.05) is 52.9 Å². The maximum Gasteiger partial charge on any atom is 0.343 e. The molecular weight excluding hydrogens is 696 g/mol. The Kier molecular flexibility index (Phi) is 12.2. The first-order chi connectivity index (χ1) is 26.8. The van der Waals surface area contributed by atoms with E-state index in [0.29, 0.717) is 54.8 Å². The van der Waals surface area contributed by atoms with Gasteiger partial charge in [-0.25, -0.2) is 9.59 Å². The van der Waals surface area contributed by atoms with Crippen molar-refractivity contribution in [1.82, 2.24) is 0 Å². The fraction of sp³-hybridized carbons (Fsp3) is 0.435. The Morgan fingerprint density at radius 1 is 0.582 bits per heavy atom. The zero-order valence-electron chi connectivity index (χ0n) is 32.2. The molecule has 2 fully saturated rings. The minimum Gasteiger partial charge on any atom is -0.494 e. The monoisotopic (exact) mass is 748 g/mol. The predicted molar refractivity (Wildman–Crippen MR) is 210 cm³/mol. The van der Waals surface area contributed by atoms with Gasteiger partial charge in [-0.2, -0.15) is 0 Å². The van der Waals surface area contributed by atoms with Crippen LogP contribution in [0, 0.1) is 10.8 Å². The summed E-state index contributed by atoms with van der Waals surface area (Å²) in [5.74, 6) is 1.52. The second kappa shape index (κ2) is 17.4. The molecule has 3 aliphatic rings. The molecule has 0 spiro atoms. The van der Waals surface area contributed by atoms with Crippen molar-refractivity contribution in [3.63, 3.8) is 0 Å². The van der Waals surface area contributed by atoms with Crippen LogP contribution in [-0.2, 0) is 14.2 Å². The Bertz CT molecular complexity index is 1920. The fourth-order valence-corrected chi connectivity index (χ4v) is 7.22. The molecule has 55 heavy (non-hydrogen) atoms. The van der Waals surface area contributed by atoms with Crippen molar-refractivity contribution < 1.29 is 42.7 Å². The summed E-state index contributed by atoms with van der Waals surface area (Å²) in [5.41, 5.74) is 5.44. The molecule has 1 unspecified atom stereocenters. The van der Waals surface area contributed by atoms with Gasteiger partial charge in [0.2, 0.25) is 0 Å². The number of ether oxygens (including phenoxy) is 7. The molecule has 0 aromatic heterocycles. The lowest BCUT2D eigenvalue weighted by Crippen LogP contribution is -2.46. The van der Waals surface area contributed by atoms with Crippen LogP contribution >= 0.6 is 0 Å². The van der Waals surface area contributed by atoms with E-state index in [-0.39, 0.29) is 16.7 Å². The highest BCUT2D eigenvalue weighted by Gasteiger charge is 2.38. The van der Waals surface area contributed by atoms with E-state index in [4.69, 9.17) is 33.2 Å². The van der Waals surface area contributed by atoms with Crippen LogP contribution in [0.1, 0.15) is 97.1 Å². The number of rotatable bonds is 19. The summed E-state index contributed by atoms with van der Waals surface area (Å²) >= 11 is 0. The summed E-state index contributed by atoms with van der Waals surface area (Å²) < 4.78 is 40.1. The molecule has 2 heterocycles. The van der Waals surface area contributed by atoms with Gasteiger partial charge in [0.1, 0.15) is 23.0 Å². The number of carbonyl (C=O) groups excluding carboxylic acids is 2. The van der Waals surface area contributed by atoms with E-state index < -0.39 is 11.9 Å². The van der Waals surface area contributed by atoms with E-state index in [1.165, 1.54) is 0 Å². The van der Waals surface area contributed by atoms with Gasteiger partial charge >= 0.3 is 11.9 Å². The molecule has 0 N–H and O–H groups in total. The van der Waals surface area contributed by atoms with E-state index in [1.54, 1.807) is 36.4 Å². The zero-order chi connectivity index (χ0) is 38.3. The van der Waals surface area contributed by atoms with E-state index in [9.17, 15) is 9.59 Å². The first kappa shape index (κ1) is 38.6. The van der Waals surface area contributed by atoms with Crippen molar-refractivity contribution in [1.29, 1.82) is 0 Å². The maximum atomic E-state index is 13.1. The van der Waals surface area contributed by atoms with Gasteiger partial charge in [-0.15, -0.1) is 0 Å². The van der Waals surface area contributed by atoms with Crippen molar-refractivity contribution in [3.05, 3.63) is 107 Å².